The molecular formula is C16H23ClFN. The van der Waals surface area contributed by atoms with E-state index in [2.05, 4.69) is 13.8 Å². The molecule has 0 radical (unpaired) electrons. The van der Waals surface area contributed by atoms with E-state index in [0.717, 1.165) is 24.7 Å². The van der Waals surface area contributed by atoms with Crippen molar-refractivity contribution in [3.05, 3.63) is 34.6 Å². The summed E-state index contributed by atoms with van der Waals surface area (Å²) in [6.07, 6.45) is 4.12. The fourth-order valence-corrected chi connectivity index (χ4v) is 3.73. The Labute approximate surface area is 120 Å². The van der Waals surface area contributed by atoms with Crippen molar-refractivity contribution in [1.82, 2.24) is 0 Å². The molecule has 0 saturated heterocycles. The first-order valence-electron chi connectivity index (χ1n) is 7.15. The summed E-state index contributed by atoms with van der Waals surface area (Å²) in [7, 11) is 0. The summed E-state index contributed by atoms with van der Waals surface area (Å²) in [5.74, 6) is 1.68. The topological polar surface area (TPSA) is 26.0 Å². The molecule has 3 heteroatoms. The fraction of sp³-hybridized carbons (Fsp3) is 0.625. The number of hydrogen-bond acceptors (Lipinski definition) is 1. The van der Waals surface area contributed by atoms with Gasteiger partial charge < -0.3 is 5.73 Å². The fourth-order valence-electron chi connectivity index (χ4n) is 3.49. The number of halogens is 2. The van der Waals surface area contributed by atoms with E-state index < -0.39 is 0 Å². The molecule has 0 bridgehead atoms. The molecule has 1 aliphatic rings. The van der Waals surface area contributed by atoms with Crippen LogP contribution in [0.4, 0.5) is 4.39 Å². The number of nitrogens with two attached hydrogens (primary N) is 1. The van der Waals surface area contributed by atoms with Crippen molar-refractivity contribution < 1.29 is 4.39 Å². The van der Waals surface area contributed by atoms with Gasteiger partial charge >= 0.3 is 0 Å². The zero-order chi connectivity index (χ0) is 14.0. The molecule has 1 aliphatic carbocycles. The van der Waals surface area contributed by atoms with Gasteiger partial charge in [0.05, 0.1) is 0 Å². The highest BCUT2D eigenvalue weighted by Crippen LogP contribution is 2.35. The second-order valence-electron chi connectivity index (χ2n) is 6.25. The Morgan fingerprint density at radius 3 is 2.47 bits per heavy atom. The van der Waals surface area contributed by atoms with Crippen molar-refractivity contribution in [2.75, 3.05) is 0 Å². The Bertz CT molecular complexity index is 405. The zero-order valence-corrected chi connectivity index (χ0v) is 12.5. The minimum absolute atomic E-state index is 0.000370. The summed E-state index contributed by atoms with van der Waals surface area (Å²) in [6.45, 7) is 4.57. The van der Waals surface area contributed by atoms with Gasteiger partial charge in [-0.05, 0) is 55.6 Å². The lowest BCUT2D eigenvalue weighted by molar-refractivity contribution is 0.192. The van der Waals surface area contributed by atoms with Crippen LogP contribution in [-0.4, -0.2) is 6.04 Å². The Morgan fingerprint density at radius 2 is 1.89 bits per heavy atom. The highest BCUT2D eigenvalue weighted by molar-refractivity contribution is 6.31. The molecule has 106 valence electrons. The maximum Gasteiger partial charge on any atom is 0.127 e. The lowest BCUT2D eigenvalue weighted by Gasteiger charge is -2.35. The molecule has 2 N–H and O–H groups in total. The van der Waals surface area contributed by atoms with Crippen LogP contribution >= 0.6 is 11.6 Å². The summed E-state index contributed by atoms with van der Waals surface area (Å²) in [6, 6.07) is 4.83. The second kappa shape index (κ2) is 6.23. The standard InChI is InChI=1S/C16H23ClFN/c1-10-6-11(2)8-12(7-10)16(19)9-13-14(17)4-3-5-15(13)18/h3-5,10-12,16H,6-9,19H2,1-2H3. The van der Waals surface area contributed by atoms with Crippen molar-refractivity contribution in [1.29, 1.82) is 0 Å². The van der Waals surface area contributed by atoms with Gasteiger partial charge in [0, 0.05) is 16.6 Å². The largest absolute Gasteiger partial charge is 0.327 e. The van der Waals surface area contributed by atoms with Crippen LogP contribution in [0.25, 0.3) is 0 Å². The molecule has 2 rings (SSSR count). The number of rotatable bonds is 3. The van der Waals surface area contributed by atoms with Crippen molar-refractivity contribution in [3.8, 4) is 0 Å². The molecule has 1 aromatic carbocycles. The normalized spacial score (nSPS) is 29.2. The third-order valence-corrected chi connectivity index (χ3v) is 4.68. The minimum atomic E-state index is -0.236. The second-order valence-corrected chi connectivity index (χ2v) is 6.65. The molecule has 3 unspecified atom stereocenters. The van der Waals surface area contributed by atoms with Crippen LogP contribution in [0.15, 0.2) is 18.2 Å². The number of hydrogen-bond donors (Lipinski definition) is 1. The van der Waals surface area contributed by atoms with Gasteiger partial charge in [0.1, 0.15) is 5.82 Å². The molecule has 0 aliphatic heterocycles. The highest BCUT2D eigenvalue weighted by Gasteiger charge is 2.29. The molecule has 3 atom stereocenters. The smallest absolute Gasteiger partial charge is 0.127 e. The van der Waals surface area contributed by atoms with E-state index in [1.54, 1.807) is 12.1 Å². The first-order chi connectivity index (χ1) is 8.97. The Kier molecular flexibility index (Phi) is 4.86. The molecule has 0 aromatic heterocycles. The van der Waals surface area contributed by atoms with E-state index in [0.29, 0.717) is 22.9 Å². The van der Waals surface area contributed by atoms with Gasteiger partial charge in [-0.3, -0.25) is 0 Å². The van der Waals surface area contributed by atoms with E-state index >= 15 is 0 Å². The van der Waals surface area contributed by atoms with E-state index in [-0.39, 0.29) is 11.9 Å². The van der Waals surface area contributed by atoms with Gasteiger partial charge in [-0.25, -0.2) is 4.39 Å². The maximum atomic E-state index is 13.8. The minimum Gasteiger partial charge on any atom is -0.327 e. The van der Waals surface area contributed by atoms with E-state index in [1.807, 2.05) is 0 Å². The first-order valence-corrected chi connectivity index (χ1v) is 7.53. The summed E-state index contributed by atoms with van der Waals surface area (Å²) in [5, 5.41) is 0.493. The molecule has 0 heterocycles. The molecule has 0 spiro atoms. The van der Waals surface area contributed by atoms with Crippen molar-refractivity contribution >= 4 is 11.6 Å². The molecule has 1 aromatic rings. The van der Waals surface area contributed by atoms with Crippen molar-refractivity contribution in [2.24, 2.45) is 23.5 Å². The lowest BCUT2D eigenvalue weighted by Crippen LogP contribution is -2.37. The van der Waals surface area contributed by atoms with Gasteiger partial charge in [-0.15, -0.1) is 0 Å². The van der Waals surface area contributed by atoms with Crippen LogP contribution in [0.2, 0.25) is 5.02 Å². The van der Waals surface area contributed by atoms with E-state index in [9.17, 15) is 4.39 Å². The third-order valence-electron chi connectivity index (χ3n) is 4.32. The Hall–Kier alpha value is -0.600. The molecule has 0 amide bonds. The Balaban J connectivity index is 2.06. The third kappa shape index (κ3) is 3.70. The molecule has 19 heavy (non-hydrogen) atoms. The SMILES string of the molecule is CC1CC(C)CC(C(N)Cc2c(F)cccc2Cl)C1. The van der Waals surface area contributed by atoms with Crippen LogP contribution in [0.5, 0.6) is 0 Å². The van der Waals surface area contributed by atoms with Crippen LogP contribution in [0.3, 0.4) is 0 Å². The summed E-state index contributed by atoms with van der Waals surface area (Å²) >= 11 is 6.07. The highest BCUT2D eigenvalue weighted by atomic mass is 35.5. The quantitative estimate of drug-likeness (QED) is 0.873. The van der Waals surface area contributed by atoms with Crippen LogP contribution in [0, 0.1) is 23.6 Å². The molecule has 1 nitrogen and oxygen atoms in total. The number of benzene rings is 1. The first kappa shape index (κ1) is 14.8. The van der Waals surface area contributed by atoms with Crippen molar-refractivity contribution in [2.45, 2.75) is 45.6 Å². The monoisotopic (exact) mass is 283 g/mol. The zero-order valence-electron chi connectivity index (χ0n) is 11.7. The summed E-state index contributed by atoms with van der Waals surface area (Å²) < 4.78 is 13.8. The van der Waals surface area contributed by atoms with Crippen LogP contribution in [-0.2, 0) is 6.42 Å². The van der Waals surface area contributed by atoms with Gasteiger partial charge in [0.2, 0.25) is 0 Å². The average molecular weight is 284 g/mol. The van der Waals surface area contributed by atoms with E-state index in [1.165, 1.54) is 12.5 Å². The average Bonchev–Trinajstić information content (AvgIpc) is 2.32. The van der Waals surface area contributed by atoms with Gasteiger partial charge in [-0.2, -0.15) is 0 Å². The van der Waals surface area contributed by atoms with Crippen LogP contribution < -0.4 is 5.73 Å². The predicted molar refractivity (Wildman–Crippen MR) is 78.8 cm³/mol. The van der Waals surface area contributed by atoms with Gasteiger partial charge in [0.15, 0.2) is 0 Å². The van der Waals surface area contributed by atoms with Gasteiger partial charge in [-0.1, -0.05) is 31.5 Å². The maximum absolute atomic E-state index is 13.8. The summed E-state index contributed by atoms with van der Waals surface area (Å²) in [4.78, 5) is 0. The lowest BCUT2D eigenvalue weighted by atomic mass is 9.73. The molecule has 1 saturated carbocycles. The van der Waals surface area contributed by atoms with Gasteiger partial charge in [0.25, 0.3) is 0 Å². The van der Waals surface area contributed by atoms with Crippen molar-refractivity contribution in [3.63, 3.8) is 0 Å². The predicted octanol–water partition coefficient (Wildman–Crippen LogP) is 4.42. The molecule has 1 fully saturated rings. The van der Waals surface area contributed by atoms with Crippen LogP contribution in [0.1, 0.15) is 38.7 Å². The summed E-state index contributed by atoms with van der Waals surface area (Å²) in [5.41, 5.74) is 6.89. The molecular weight excluding hydrogens is 261 g/mol. The Morgan fingerprint density at radius 1 is 1.26 bits per heavy atom. The van der Waals surface area contributed by atoms with E-state index in [4.69, 9.17) is 17.3 Å².